The highest BCUT2D eigenvalue weighted by Gasteiger charge is 2.22. The maximum atomic E-state index is 12.6. The summed E-state index contributed by atoms with van der Waals surface area (Å²) in [6, 6.07) is 17.4. The number of ether oxygens (including phenoxy) is 1. The average Bonchev–Trinajstić information content (AvgIpc) is 3.29. The molecule has 0 aliphatic heterocycles. The summed E-state index contributed by atoms with van der Waals surface area (Å²) >= 11 is 2.49. The molecule has 0 saturated heterocycles. The molecule has 7 nitrogen and oxygen atoms in total. The standard InChI is InChI=1S/C21H20N4O3S2/c1-3-28-19(26)14(2)29-20-23-22-18(25(20)15-9-5-4-6-10-15)13-24-16-11-7-8-12-17(16)30-21(24)27/h4-12,14H,3,13H2,1-2H3/t14-/m0/s1. The molecule has 4 aromatic rings. The Morgan fingerprint density at radius 1 is 1.13 bits per heavy atom. The molecule has 9 heteroatoms. The molecule has 0 aliphatic carbocycles. The summed E-state index contributed by atoms with van der Waals surface area (Å²) in [5, 5.41) is 8.82. The monoisotopic (exact) mass is 440 g/mol. The van der Waals surface area contributed by atoms with E-state index < -0.39 is 5.25 Å². The van der Waals surface area contributed by atoms with E-state index >= 15 is 0 Å². The van der Waals surface area contributed by atoms with Crippen LogP contribution >= 0.6 is 23.1 Å². The molecule has 2 heterocycles. The van der Waals surface area contributed by atoms with Crippen LogP contribution in [0.5, 0.6) is 0 Å². The number of hydrogen-bond acceptors (Lipinski definition) is 7. The molecule has 2 aromatic carbocycles. The molecule has 154 valence electrons. The summed E-state index contributed by atoms with van der Waals surface area (Å²) in [7, 11) is 0. The number of esters is 1. The number of thioether (sulfide) groups is 1. The van der Waals surface area contributed by atoms with Crippen LogP contribution in [0.4, 0.5) is 0 Å². The Balaban J connectivity index is 1.75. The fourth-order valence-electron chi connectivity index (χ4n) is 3.09. The lowest BCUT2D eigenvalue weighted by atomic mass is 10.3. The van der Waals surface area contributed by atoms with Crippen molar-refractivity contribution >= 4 is 39.3 Å². The van der Waals surface area contributed by atoms with Gasteiger partial charge in [0, 0.05) is 5.69 Å². The normalized spacial score (nSPS) is 12.2. The van der Waals surface area contributed by atoms with Gasteiger partial charge < -0.3 is 4.74 Å². The van der Waals surface area contributed by atoms with Gasteiger partial charge in [-0.2, -0.15) is 0 Å². The van der Waals surface area contributed by atoms with Crippen LogP contribution in [-0.4, -0.2) is 37.2 Å². The molecule has 0 bridgehead atoms. The molecular formula is C21H20N4O3S2. The Bertz CT molecular complexity index is 1230. The number of carbonyl (C=O) groups is 1. The van der Waals surface area contributed by atoms with Crippen LogP contribution in [0.2, 0.25) is 0 Å². The maximum Gasteiger partial charge on any atom is 0.319 e. The lowest BCUT2D eigenvalue weighted by Gasteiger charge is -2.13. The van der Waals surface area contributed by atoms with Crippen molar-refractivity contribution in [1.29, 1.82) is 0 Å². The molecule has 1 atom stereocenters. The zero-order valence-electron chi connectivity index (χ0n) is 16.5. The van der Waals surface area contributed by atoms with E-state index in [1.165, 1.54) is 23.1 Å². The first kappa shape index (κ1) is 20.4. The number of benzene rings is 2. The zero-order valence-corrected chi connectivity index (χ0v) is 18.2. The minimum atomic E-state index is -0.436. The minimum Gasteiger partial charge on any atom is -0.465 e. The molecule has 0 aliphatic rings. The van der Waals surface area contributed by atoms with Crippen LogP contribution in [0.15, 0.2) is 64.5 Å². The van der Waals surface area contributed by atoms with Crippen molar-refractivity contribution in [3.63, 3.8) is 0 Å². The van der Waals surface area contributed by atoms with Gasteiger partial charge in [0.1, 0.15) is 5.25 Å². The van der Waals surface area contributed by atoms with Crippen molar-refractivity contribution in [2.45, 2.75) is 30.8 Å². The first-order valence-corrected chi connectivity index (χ1v) is 11.2. The summed E-state index contributed by atoms with van der Waals surface area (Å²) in [6.07, 6.45) is 0. The maximum absolute atomic E-state index is 12.6. The first-order chi connectivity index (χ1) is 14.6. The van der Waals surface area contributed by atoms with Gasteiger partial charge in [0.25, 0.3) is 0 Å². The highest BCUT2D eigenvalue weighted by molar-refractivity contribution is 8.00. The van der Waals surface area contributed by atoms with E-state index in [0.29, 0.717) is 17.6 Å². The van der Waals surface area contributed by atoms with Gasteiger partial charge in [-0.05, 0) is 38.1 Å². The fraction of sp³-hybridized carbons (Fsp3) is 0.238. The molecule has 0 fully saturated rings. The number of fused-ring (bicyclic) bond motifs is 1. The van der Waals surface area contributed by atoms with E-state index in [-0.39, 0.29) is 17.4 Å². The van der Waals surface area contributed by atoms with E-state index in [0.717, 1.165) is 15.9 Å². The number of thiazole rings is 1. The van der Waals surface area contributed by atoms with Crippen molar-refractivity contribution < 1.29 is 9.53 Å². The number of rotatable bonds is 7. The van der Waals surface area contributed by atoms with Crippen molar-refractivity contribution in [2.75, 3.05) is 6.61 Å². The summed E-state index contributed by atoms with van der Waals surface area (Å²) in [5.41, 5.74) is 1.73. The van der Waals surface area contributed by atoms with Gasteiger partial charge in [-0.15, -0.1) is 10.2 Å². The minimum absolute atomic E-state index is 0.0482. The van der Waals surface area contributed by atoms with Gasteiger partial charge in [0.2, 0.25) is 0 Å². The third-order valence-electron chi connectivity index (χ3n) is 4.49. The van der Waals surface area contributed by atoms with Crippen molar-refractivity contribution in [3.8, 4) is 5.69 Å². The number of hydrogen-bond donors (Lipinski definition) is 0. The van der Waals surface area contributed by atoms with Gasteiger partial charge in [-0.3, -0.25) is 18.7 Å². The largest absolute Gasteiger partial charge is 0.465 e. The molecule has 4 rings (SSSR count). The van der Waals surface area contributed by atoms with Crippen molar-refractivity contribution in [2.24, 2.45) is 0 Å². The van der Waals surface area contributed by atoms with Gasteiger partial charge in [0.05, 0.1) is 23.4 Å². The Labute approximate surface area is 181 Å². The third kappa shape index (κ3) is 4.03. The molecule has 0 saturated carbocycles. The molecule has 0 radical (unpaired) electrons. The zero-order chi connectivity index (χ0) is 21.1. The Morgan fingerprint density at radius 2 is 1.87 bits per heavy atom. The lowest BCUT2D eigenvalue weighted by Crippen LogP contribution is -2.18. The van der Waals surface area contributed by atoms with Gasteiger partial charge in [0.15, 0.2) is 11.0 Å². The first-order valence-electron chi connectivity index (χ1n) is 9.50. The Kier molecular flexibility index (Phi) is 6.01. The number of nitrogens with zero attached hydrogens (tertiary/aromatic N) is 4. The average molecular weight is 441 g/mol. The van der Waals surface area contributed by atoms with Crippen LogP contribution < -0.4 is 4.87 Å². The van der Waals surface area contributed by atoms with E-state index in [9.17, 15) is 9.59 Å². The van der Waals surface area contributed by atoms with Crippen LogP contribution in [0.1, 0.15) is 19.7 Å². The van der Waals surface area contributed by atoms with Crippen molar-refractivity contribution in [3.05, 3.63) is 70.1 Å². The molecule has 2 aromatic heterocycles. The van der Waals surface area contributed by atoms with Crippen LogP contribution in [-0.2, 0) is 16.1 Å². The molecule has 30 heavy (non-hydrogen) atoms. The van der Waals surface area contributed by atoms with Crippen LogP contribution in [0.25, 0.3) is 15.9 Å². The Morgan fingerprint density at radius 3 is 2.63 bits per heavy atom. The van der Waals surface area contributed by atoms with Gasteiger partial charge >= 0.3 is 10.8 Å². The van der Waals surface area contributed by atoms with E-state index in [1.807, 2.05) is 59.2 Å². The predicted octanol–water partition coefficient (Wildman–Crippen LogP) is 3.74. The molecule has 0 unspecified atom stereocenters. The van der Waals surface area contributed by atoms with Crippen LogP contribution in [0.3, 0.4) is 0 Å². The summed E-state index contributed by atoms with van der Waals surface area (Å²) < 4.78 is 9.63. The summed E-state index contributed by atoms with van der Waals surface area (Å²) in [6.45, 7) is 4.17. The van der Waals surface area contributed by atoms with Gasteiger partial charge in [-0.1, -0.05) is 53.4 Å². The molecule has 0 spiro atoms. The number of carbonyl (C=O) groups excluding carboxylic acids is 1. The summed E-state index contributed by atoms with van der Waals surface area (Å²) in [5.74, 6) is 0.317. The quantitative estimate of drug-likeness (QED) is 0.322. The molecule has 0 amide bonds. The lowest BCUT2D eigenvalue weighted by molar-refractivity contribution is -0.142. The second-order valence-corrected chi connectivity index (χ2v) is 8.80. The Hall–Kier alpha value is -2.91. The number of para-hydroxylation sites is 2. The number of aromatic nitrogens is 4. The molecular weight excluding hydrogens is 420 g/mol. The highest BCUT2D eigenvalue weighted by Crippen LogP contribution is 2.27. The second kappa shape index (κ2) is 8.85. The third-order valence-corrected chi connectivity index (χ3v) is 6.47. The summed E-state index contributed by atoms with van der Waals surface area (Å²) in [4.78, 5) is 24.7. The van der Waals surface area contributed by atoms with Crippen molar-refractivity contribution in [1.82, 2.24) is 19.3 Å². The highest BCUT2D eigenvalue weighted by atomic mass is 32.2. The van der Waals surface area contributed by atoms with E-state index in [2.05, 4.69) is 10.2 Å². The topological polar surface area (TPSA) is 79.0 Å². The predicted molar refractivity (Wildman–Crippen MR) is 118 cm³/mol. The molecule has 0 N–H and O–H groups in total. The van der Waals surface area contributed by atoms with E-state index in [1.54, 1.807) is 18.4 Å². The van der Waals surface area contributed by atoms with Gasteiger partial charge in [-0.25, -0.2) is 0 Å². The smallest absolute Gasteiger partial charge is 0.319 e. The van der Waals surface area contributed by atoms with E-state index in [4.69, 9.17) is 4.74 Å². The fourth-order valence-corrected chi connectivity index (χ4v) is 4.86. The second-order valence-electron chi connectivity index (χ2n) is 6.50. The SMILES string of the molecule is CCOC(=O)[C@H](C)Sc1nnc(Cn2c(=O)sc3ccccc32)n1-c1ccccc1. The van der Waals surface area contributed by atoms with Crippen LogP contribution in [0, 0.1) is 0 Å².